The topological polar surface area (TPSA) is 35.6 Å². The summed E-state index contributed by atoms with van der Waals surface area (Å²) in [5.74, 6) is 0.0718. The third kappa shape index (κ3) is 4.88. The van der Waals surface area contributed by atoms with E-state index < -0.39 is 0 Å². The lowest BCUT2D eigenvalue weighted by Gasteiger charge is -2.46. The molecule has 0 bridgehead atoms. The molecule has 2 aliphatic heterocycles. The van der Waals surface area contributed by atoms with Gasteiger partial charge in [0.1, 0.15) is 0 Å². The molecule has 4 rings (SSSR count). The molecule has 2 aliphatic rings. The first-order chi connectivity index (χ1) is 13.2. The van der Waals surface area contributed by atoms with Crippen molar-refractivity contribution in [1.29, 1.82) is 0 Å². The molecule has 0 radical (unpaired) electrons. The molecule has 1 amide bonds. The van der Waals surface area contributed by atoms with Crippen LogP contribution >= 0.6 is 23.7 Å². The van der Waals surface area contributed by atoms with Gasteiger partial charge in [-0.3, -0.25) is 9.69 Å². The van der Waals surface area contributed by atoms with E-state index in [1.807, 2.05) is 19.1 Å². The van der Waals surface area contributed by atoms with Crippen LogP contribution in [0.5, 0.6) is 0 Å². The van der Waals surface area contributed by atoms with Gasteiger partial charge in [-0.15, -0.1) is 23.7 Å². The monoisotopic (exact) mass is 419 g/mol. The zero-order valence-corrected chi connectivity index (χ0v) is 18.2. The van der Waals surface area contributed by atoms with Gasteiger partial charge in [-0.05, 0) is 62.9 Å². The van der Waals surface area contributed by atoms with Crippen LogP contribution in [0.2, 0.25) is 0 Å². The van der Waals surface area contributed by atoms with Crippen LogP contribution in [-0.4, -0.2) is 49.6 Å². The second kappa shape index (κ2) is 9.77. The van der Waals surface area contributed by atoms with E-state index in [2.05, 4.69) is 39.4 Å². The number of carbonyl (C=O) groups excluding carboxylic acids is 1. The van der Waals surface area contributed by atoms with Crippen molar-refractivity contribution >= 4 is 35.3 Å². The van der Waals surface area contributed by atoms with Gasteiger partial charge in [0.25, 0.3) is 5.91 Å². The Kier molecular flexibility index (Phi) is 7.38. The Hall–Kier alpha value is -1.56. The molecule has 1 unspecified atom stereocenters. The second-order valence-corrected chi connectivity index (χ2v) is 8.98. The summed E-state index contributed by atoms with van der Waals surface area (Å²) in [6, 6.07) is 13.5. The number of benzene rings is 1. The summed E-state index contributed by atoms with van der Waals surface area (Å²) < 4.78 is 0. The quantitative estimate of drug-likeness (QED) is 0.715. The van der Waals surface area contributed by atoms with Crippen molar-refractivity contribution < 1.29 is 4.79 Å². The van der Waals surface area contributed by atoms with Crippen LogP contribution in [0.1, 0.15) is 39.4 Å². The maximum Gasteiger partial charge on any atom is 0.261 e. The lowest BCUT2D eigenvalue weighted by molar-refractivity contribution is 0.0956. The third-order valence-corrected chi connectivity index (χ3v) is 6.77. The first-order valence-corrected chi connectivity index (χ1v) is 10.9. The van der Waals surface area contributed by atoms with E-state index in [1.165, 1.54) is 35.5 Å². The SMILES string of the molecule is Cc1ccc(C(=O)NCCCCN2CCN3c4ccccc4CCC3C2)s1.Cl. The Bertz CT molecular complexity index is 794. The molecule has 1 fully saturated rings. The Morgan fingerprint density at radius 3 is 2.86 bits per heavy atom. The van der Waals surface area contributed by atoms with E-state index in [1.54, 1.807) is 11.3 Å². The molecule has 1 saturated heterocycles. The highest BCUT2D eigenvalue weighted by Crippen LogP contribution is 2.32. The molecule has 1 N–H and O–H groups in total. The Morgan fingerprint density at radius 2 is 2.04 bits per heavy atom. The summed E-state index contributed by atoms with van der Waals surface area (Å²) in [5.41, 5.74) is 2.97. The number of thiophene rings is 1. The lowest BCUT2D eigenvalue weighted by atomic mass is 9.94. The molecule has 1 aromatic heterocycles. The Labute approximate surface area is 178 Å². The van der Waals surface area contributed by atoms with Crippen LogP contribution in [-0.2, 0) is 6.42 Å². The highest BCUT2D eigenvalue weighted by molar-refractivity contribution is 7.13. The minimum absolute atomic E-state index is 0. The maximum absolute atomic E-state index is 12.1. The summed E-state index contributed by atoms with van der Waals surface area (Å²) in [4.78, 5) is 19.3. The largest absolute Gasteiger partial charge is 0.366 e. The number of carbonyl (C=O) groups is 1. The molecular weight excluding hydrogens is 390 g/mol. The summed E-state index contributed by atoms with van der Waals surface area (Å²) >= 11 is 1.56. The number of nitrogens with zero attached hydrogens (tertiary/aromatic N) is 2. The van der Waals surface area contributed by atoms with E-state index in [0.717, 1.165) is 43.9 Å². The molecule has 152 valence electrons. The molecule has 0 aliphatic carbocycles. The summed E-state index contributed by atoms with van der Waals surface area (Å²) in [6.07, 6.45) is 4.67. The molecule has 28 heavy (non-hydrogen) atoms. The highest BCUT2D eigenvalue weighted by Gasteiger charge is 2.30. The number of aryl methyl sites for hydroxylation is 2. The number of hydrogen-bond donors (Lipinski definition) is 1. The standard InChI is InChI=1S/C22H29N3OS.ClH/c1-17-8-11-21(27-17)22(26)23-12-4-5-13-24-14-15-25-19(16-24)10-9-18-6-2-3-7-20(18)25;/h2-3,6-8,11,19H,4-5,9-10,12-16H2,1H3,(H,23,26);1H. The van der Waals surface area contributed by atoms with Gasteiger partial charge in [-0.25, -0.2) is 0 Å². The maximum atomic E-state index is 12.1. The van der Waals surface area contributed by atoms with E-state index in [9.17, 15) is 4.79 Å². The number of piperazine rings is 1. The van der Waals surface area contributed by atoms with E-state index >= 15 is 0 Å². The van der Waals surface area contributed by atoms with Crippen molar-refractivity contribution in [3.63, 3.8) is 0 Å². The summed E-state index contributed by atoms with van der Waals surface area (Å²) in [5, 5.41) is 3.05. The number of hydrogen-bond acceptors (Lipinski definition) is 4. The predicted molar refractivity (Wildman–Crippen MR) is 120 cm³/mol. The first kappa shape index (κ1) is 21.2. The average Bonchev–Trinajstić information content (AvgIpc) is 3.14. The molecule has 0 saturated carbocycles. The van der Waals surface area contributed by atoms with Crippen LogP contribution in [0.4, 0.5) is 5.69 Å². The van der Waals surface area contributed by atoms with Gasteiger partial charge < -0.3 is 10.2 Å². The van der Waals surface area contributed by atoms with Gasteiger partial charge in [0, 0.05) is 42.8 Å². The van der Waals surface area contributed by atoms with Crippen molar-refractivity contribution in [2.75, 3.05) is 37.6 Å². The van der Waals surface area contributed by atoms with Gasteiger partial charge in [0.05, 0.1) is 4.88 Å². The fourth-order valence-corrected chi connectivity index (χ4v) is 5.10. The fraction of sp³-hybridized carbons (Fsp3) is 0.500. The van der Waals surface area contributed by atoms with Crippen molar-refractivity contribution in [3.8, 4) is 0 Å². The van der Waals surface area contributed by atoms with Crippen LogP contribution in [0.15, 0.2) is 36.4 Å². The number of fused-ring (bicyclic) bond motifs is 3. The molecule has 2 aromatic rings. The number of para-hydroxylation sites is 1. The fourth-order valence-electron chi connectivity index (χ4n) is 4.32. The van der Waals surface area contributed by atoms with E-state index in [-0.39, 0.29) is 18.3 Å². The van der Waals surface area contributed by atoms with Crippen molar-refractivity contribution in [1.82, 2.24) is 10.2 Å². The normalized spacial score (nSPS) is 18.8. The second-order valence-electron chi connectivity index (χ2n) is 7.69. The van der Waals surface area contributed by atoms with Gasteiger partial charge in [-0.1, -0.05) is 18.2 Å². The number of unbranched alkanes of at least 4 members (excludes halogenated alkanes) is 1. The molecule has 1 aromatic carbocycles. The Morgan fingerprint density at radius 1 is 1.18 bits per heavy atom. The molecular formula is C22H30ClN3OS. The summed E-state index contributed by atoms with van der Waals surface area (Å²) in [6.45, 7) is 7.40. The molecule has 0 spiro atoms. The number of anilines is 1. The highest BCUT2D eigenvalue weighted by atomic mass is 35.5. The predicted octanol–water partition coefficient (Wildman–Crippen LogP) is 4.13. The molecule has 1 atom stereocenters. The van der Waals surface area contributed by atoms with Crippen molar-refractivity contribution in [2.24, 2.45) is 0 Å². The number of halogens is 1. The van der Waals surface area contributed by atoms with Crippen molar-refractivity contribution in [2.45, 2.75) is 38.6 Å². The van der Waals surface area contributed by atoms with Gasteiger partial charge >= 0.3 is 0 Å². The first-order valence-electron chi connectivity index (χ1n) is 10.1. The minimum Gasteiger partial charge on any atom is -0.366 e. The summed E-state index contributed by atoms with van der Waals surface area (Å²) in [7, 11) is 0. The van der Waals surface area contributed by atoms with Gasteiger partial charge in [0.2, 0.25) is 0 Å². The average molecular weight is 420 g/mol. The molecule has 4 nitrogen and oxygen atoms in total. The van der Waals surface area contributed by atoms with E-state index in [4.69, 9.17) is 0 Å². The molecule has 3 heterocycles. The minimum atomic E-state index is 0. The third-order valence-electron chi connectivity index (χ3n) is 5.77. The number of nitrogens with one attached hydrogen (secondary N) is 1. The van der Waals surface area contributed by atoms with E-state index in [0.29, 0.717) is 6.04 Å². The zero-order valence-electron chi connectivity index (χ0n) is 16.5. The smallest absolute Gasteiger partial charge is 0.261 e. The van der Waals surface area contributed by atoms with Crippen LogP contribution in [0, 0.1) is 6.92 Å². The van der Waals surface area contributed by atoms with Crippen molar-refractivity contribution in [3.05, 3.63) is 51.7 Å². The van der Waals surface area contributed by atoms with Gasteiger partial charge in [0.15, 0.2) is 0 Å². The Balaban J connectivity index is 0.00000225. The van der Waals surface area contributed by atoms with Crippen LogP contribution in [0.3, 0.4) is 0 Å². The van der Waals surface area contributed by atoms with Crippen LogP contribution < -0.4 is 10.2 Å². The zero-order chi connectivity index (χ0) is 18.6. The lowest BCUT2D eigenvalue weighted by Crippen LogP contribution is -2.55. The molecule has 6 heteroatoms. The van der Waals surface area contributed by atoms with Gasteiger partial charge in [-0.2, -0.15) is 0 Å². The number of amides is 1. The number of rotatable bonds is 6. The van der Waals surface area contributed by atoms with Crippen LogP contribution in [0.25, 0.3) is 0 Å².